The van der Waals surface area contributed by atoms with Gasteiger partial charge in [-0.3, -0.25) is 4.68 Å². The van der Waals surface area contributed by atoms with Gasteiger partial charge in [0.1, 0.15) is 5.82 Å². The lowest BCUT2D eigenvalue weighted by Gasteiger charge is -2.04. The standard InChI is InChI=1S/C14H16N6/c1-2-5-20-8-10-6-9(3-4-12(10)19-20)11-7-17-14(16)18-13(11)15/h3-4,6-8H,2,5H2,1H3,(H4,15,16,17,18). The minimum absolute atomic E-state index is 0.183. The maximum absolute atomic E-state index is 5.90. The molecule has 0 aliphatic rings. The van der Waals surface area contributed by atoms with E-state index in [0.29, 0.717) is 5.82 Å². The number of aryl methyl sites for hydroxylation is 1. The van der Waals surface area contributed by atoms with Gasteiger partial charge in [-0.2, -0.15) is 10.1 Å². The smallest absolute Gasteiger partial charge is 0.221 e. The first-order valence-corrected chi connectivity index (χ1v) is 6.53. The van der Waals surface area contributed by atoms with Gasteiger partial charge in [-0.25, -0.2) is 4.98 Å². The van der Waals surface area contributed by atoms with Crippen LogP contribution in [0, 0.1) is 0 Å². The summed E-state index contributed by atoms with van der Waals surface area (Å²) in [5, 5.41) is 5.58. The molecule has 0 spiro atoms. The van der Waals surface area contributed by atoms with Gasteiger partial charge in [0.25, 0.3) is 0 Å². The summed E-state index contributed by atoms with van der Waals surface area (Å²) in [5.41, 5.74) is 14.1. The molecule has 2 heterocycles. The summed E-state index contributed by atoms with van der Waals surface area (Å²) in [7, 11) is 0. The molecule has 0 unspecified atom stereocenters. The van der Waals surface area contributed by atoms with E-state index < -0.39 is 0 Å². The summed E-state index contributed by atoms with van der Waals surface area (Å²) < 4.78 is 1.96. The van der Waals surface area contributed by atoms with Crippen molar-refractivity contribution >= 4 is 22.7 Å². The number of rotatable bonds is 3. The first-order valence-electron chi connectivity index (χ1n) is 6.53. The third-order valence-electron chi connectivity index (χ3n) is 3.15. The van der Waals surface area contributed by atoms with Crippen molar-refractivity contribution in [1.29, 1.82) is 0 Å². The first kappa shape index (κ1) is 12.4. The van der Waals surface area contributed by atoms with Gasteiger partial charge in [0.2, 0.25) is 5.95 Å². The Bertz CT molecular complexity index is 761. The number of hydrogen-bond acceptors (Lipinski definition) is 5. The Morgan fingerprint density at radius 2 is 2.10 bits per heavy atom. The summed E-state index contributed by atoms with van der Waals surface area (Å²) in [6.45, 7) is 3.04. The van der Waals surface area contributed by atoms with Crippen molar-refractivity contribution in [2.24, 2.45) is 0 Å². The molecule has 0 amide bonds. The summed E-state index contributed by atoms with van der Waals surface area (Å²) in [5.74, 6) is 0.570. The molecule has 0 radical (unpaired) electrons. The van der Waals surface area contributed by atoms with E-state index in [9.17, 15) is 0 Å². The molecule has 0 fully saturated rings. The second kappa shape index (κ2) is 4.80. The number of aromatic nitrogens is 4. The molecule has 0 atom stereocenters. The predicted molar refractivity (Wildman–Crippen MR) is 79.9 cm³/mol. The quantitative estimate of drug-likeness (QED) is 0.758. The predicted octanol–water partition coefficient (Wildman–Crippen LogP) is 2.07. The van der Waals surface area contributed by atoms with Crippen LogP contribution in [0.15, 0.2) is 30.6 Å². The number of fused-ring (bicyclic) bond motifs is 1. The van der Waals surface area contributed by atoms with Gasteiger partial charge >= 0.3 is 0 Å². The van der Waals surface area contributed by atoms with E-state index in [2.05, 4.69) is 22.0 Å². The van der Waals surface area contributed by atoms with Crippen LogP contribution in [0.5, 0.6) is 0 Å². The Balaban J connectivity index is 2.07. The van der Waals surface area contributed by atoms with Crippen LogP contribution in [0.1, 0.15) is 13.3 Å². The maximum atomic E-state index is 5.90. The van der Waals surface area contributed by atoms with E-state index in [-0.39, 0.29) is 5.95 Å². The second-order valence-electron chi connectivity index (χ2n) is 4.69. The zero-order valence-corrected chi connectivity index (χ0v) is 11.2. The molecule has 102 valence electrons. The number of benzene rings is 1. The van der Waals surface area contributed by atoms with Gasteiger partial charge in [0, 0.05) is 29.9 Å². The van der Waals surface area contributed by atoms with E-state index in [1.54, 1.807) is 6.20 Å². The normalized spacial score (nSPS) is 11.1. The van der Waals surface area contributed by atoms with Crippen molar-refractivity contribution in [2.75, 3.05) is 11.5 Å². The molecule has 3 aromatic rings. The highest BCUT2D eigenvalue weighted by molar-refractivity contribution is 5.86. The lowest BCUT2D eigenvalue weighted by atomic mass is 10.1. The molecule has 0 saturated carbocycles. The van der Waals surface area contributed by atoms with Crippen LogP contribution in [-0.2, 0) is 6.54 Å². The van der Waals surface area contributed by atoms with Crippen molar-refractivity contribution in [3.05, 3.63) is 30.6 Å². The molecule has 6 heteroatoms. The molecule has 6 nitrogen and oxygen atoms in total. The van der Waals surface area contributed by atoms with Gasteiger partial charge < -0.3 is 11.5 Å². The molecule has 3 rings (SSSR count). The van der Waals surface area contributed by atoms with E-state index in [1.807, 2.05) is 29.1 Å². The average molecular weight is 268 g/mol. The Hall–Kier alpha value is -2.63. The van der Waals surface area contributed by atoms with Crippen LogP contribution in [0.4, 0.5) is 11.8 Å². The summed E-state index contributed by atoms with van der Waals surface area (Å²) in [6.07, 6.45) is 4.74. The van der Waals surface area contributed by atoms with E-state index in [0.717, 1.165) is 35.0 Å². The van der Waals surface area contributed by atoms with Crippen molar-refractivity contribution in [1.82, 2.24) is 19.7 Å². The van der Waals surface area contributed by atoms with Crippen LogP contribution >= 0.6 is 0 Å². The summed E-state index contributed by atoms with van der Waals surface area (Å²) in [4.78, 5) is 7.99. The van der Waals surface area contributed by atoms with Gasteiger partial charge in [-0.15, -0.1) is 0 Å². The monoisotopic (exact) mass is 268 g/mol. The van der Waals surface area contributed by atoms with E-state index >= 15 is 0 Å². The molecule has 20 heavy (non-hydrogen) atoms. The molecular weight excluding hydrogens is 252 g/mol. The molecular formula is C14H16N6. The fourth-order valence-electron chi connectivity index (χ4n) is 2.22. The largest absolute Gasteiger partial charge is 0.383 e. The SMILES string of the molecule is CCCn1cc2cc(-c3cnc(N)nc3N)ccc2n1. The van der Waals surface area contributed by atoms with Gasteiger partial charge in [0.05, 0.1) is 5.52 Å². The number of hydrogen-bond donors (Lipinski definition) is 2. The molecule has 0 saturated heterocycles. The molecule has 4 N–H and O–H groups in total. The lowest BCUT2D eigenvalue weighted by molar-refractivity contribution is 0.609. The fraction of sp³-hybridized carbons (Fsp3) is 0.214. The van der Waals surface area contributed by atoms with Gasteiger partial charge in [-0.05, 0) is 24.1 Å². The Morgan fingerprint density at radius 3 is 2.85 bits per heavy atom. The van der Waals surface area contributed by atoms with Crippen LogP contribution in [0.25, 0.3) is 22.0 Å². The number of anilines is 2. The summed E-state index contributed by atoms with van der Waals surface area (Å²) in [6, 6.07) is 5.99. The second-order valence-corrected chi connectivity index (χ2v) is 4.69. The van der Waals surface area contributed by atoms with E-state index in [4.69, 9.17) is 11.5 Å². The number of nitrogen functional groups attached to an aromatic ring is 2. The molecule has 0 bridgehead atoms. The van der Waals surface area contributed by atoms with Crippen molar-refractivity contribution in [3.63, 3.8) is 0 Å². The Morgan fingerprint density at radius 1 is 1.25 bits per heavy atom. The van der Waals surface area contributed by atoms with Crippen molar-refractivity contribution < 1.29 is 0 Å². The first-order chi connectivity index (χ1) is 9.67. The van der Waals surface area contributed by atoms with Gasteiger partial charge in [0.15, 0.2) is 0 Å². The Labute approximate surface area is 116 Å². The highest BCUT2D eigenvalue weighted by atomic mass is 15.3. The third kappa shape index (κ3) is 2.16. The molecule has 0 aliphatic carbocycles. The van der Waals surface area contributed by atoms with Crippen molar-refractivity contribution in [2.45, 2.75) is 19.9 Å². The zero-order chi connectivity index (χ0) is 14.1. The fourth-order valence-corrected chi connectivity index (χ4v) is 2.22. The Kier molecular flexibility index (Phi) is 2.98. The highest BCUT2D eigenvalue weighted by Crippen LogP contribution is 2.27. The molecule has 0 aliphatic heterocycles. The van der Waals surface area contributed by atoms with E-state index in [1.165, 1.54) is 0 Å². The van der Waals surface area contributed by atoms with Crippen molar-refractivity contribution in [3.8, 4) is 11.1 Å². The van der Waals surface area contributed by atoms with Crippen LogP contribution in [0.2, 0.25) is 0 Å². The topological polar surface area (TPSA) is 95.6 Å². The third-order valence-corrected chi connectivity index (χ3v) is 3.15. The number of nitrogens with zero attached hydrogens (tertiary/aromatic N) is 4. The van der Waals surface area contributed by atoms with Gasteiger partial charge in [-0.1, -0.05) is 13.0 Å². The minimum atomic E-state index is 0.183. The lowest BCUT2D eigenvalue weighted by Crippen LogP contribution is -2.00. The molecule has 1 aromatic carbocycles. The zero-order valence-electron chi connectivity index (χ0n) is 11.2. The van der Waals surface area contributed by atoms with Crippen LogP contribution < -0.4 is 11.5 Å². The maximum Gasteiger partial charge on any atom is 0.221 e. The van der Waals surface area contributed by atoms with Crippen LogP contribution in [-0.4, -0.2) is 19.7 Å². The summed E-state index contributed by atoms with van der Waals surface area (Å²) >= 11 is 0. The average Bonchev–Trinajstić information content (AvgIpc) is 2.80. The van der Waals surface area contributed by atoms with Crippen LogP contribution in [0.3, 0.4) is 0 Å². The highest BCUT2D eigenvalue weighted by Gasteiger charge is 2.08. The number of nitrogens with two attached hydrogens (primary N) is 2. The minimum Gasteiger partial charge on any atom is -0.383 e. The molecule has 2 aromatic heterocycles.